The lowest BCUT2D eigenvalue weighted by Gasteiger charge is -1.95. The Kier molecular flexibility index (Phi) is 5.71. The van der Waals surface area contributed by atoms with Gasteiger partial charge >= 0.3 is 0 Å². The summed E-state index contributed by atoms with van der Waals surface area (Å²) in [4.78, 5) is 0. The van der Waals surface area contributed by atoms with Gasteiger partial charge in [0.05, 0.1) is 0 Å². The van der Waals surface area contributed by atoms with Gasteiger partial charge in [0, 0.05) is 6.61 Å². The van der Waals surface area contributed by atoms with Crippen LogP contribution in [0.4, 0.5) is 4.39 Å². The van der Waals surface area contributed by atoms with E-state index < -0.39 is 0 Å². The number of hydrogen-bond acceptors (Lipinski definition) is 1. The average molecular weight is 208 g/mol. The summed E-state index contributed by atoms with van der Waals surface area (Å²) in [6.45, 7) is 0.279. The maximum atomic E-state index is 12.6. The molecule has 0 saturated heterocycles. The molecule has 0 atom stereocenters. The molecule has 1 N–H and O–H groups in total. The zero-order valence-electron chi connectivity index (χ0n) is 8.82. The molecule has 15 heavy (non-hydrogen) atoms. The van der Waals surface area contributed by atoms with E-state index in [0.29, 0.717) is 0 Å². The molecule has 1 aromatic carbocycles. The van der Waals surface area contributed by atoms with Crippen LogP contribution in [0.25, 0.3) is 6.08 Å². The average Bonchev–Trinajstić information content (AvgIpc) is 2.26. The number of aliphatic hydroxyl groups excluding tert-OH is 1. The van der Waals surface area contributed by atoms with E-state index in [2.05, 4.69) is 6.08 Å². The molecule has 0 bridgehead atoms. The van der Waals surface area contributed by atoms with Crippen LogP contribution in [-0.4, -0.2) is 11.7 Å². The van der Waals surface area contributed by atoms with E-state index >= 15 is 0 Å². The molecule has 1 rings (SSSR count). The fourth-order valence-corrected chi connectivity index (χ4v) is 1.34. The lowest BCUT2D eigenvalue weighted by molar-refractivity contribution is 0.283. The Labute approximate surface area is 90.3 Å². The van der Waals surface area contributed by atoms with Crippen LogP contribution in [0.15, 0.2) is 30.3 Å². The fraction of sp³-hybridized carbons (Fsp3) is 0.385. The van der Waals surface area contributed by atoms with Gasteiger partial charge in [-0.15, -0.1) is 0 Å². The maximum absolute atomic E-state index is 12.6. The molecule has 0 aromatic heterocycles. The number of aliphatic hydroxyl groups is 1. The molecule has 1 nitrogen and oxygen atoms in total. The second-order valence-electron chi connectivity index (χ2n) is 3.53. The van der Waals surface area contributed by atoms with Crippen molar-refractivity contribution in [1.29, 1.82) is 0 Å². The van der Waals surface area contributed by atoms with E-state index in [1.165, 1.54) is 12.1 Å². The molecule has 0 spiro atoms. The molecule has 0 aliphatic carbocycles. The van der Waals surface area contributed by atoms with Gasteiger partial charge in [-0.3, -0.25) is 0 Å². The van der Waals surface area contributed by atoms with Gasteiger partial charge in [-0.2, -0.15) is 0 Å². The van der Waals surface area contributed by atoms with Gasteiger partial charge in [0.2, 0.25) is 0 Å². The van der Waals surface area contributed by atoms with Crippen molar-refractivity contribution in [2.24, 2.45) is 0 Å². The van der Waals surface area contributed by atoms with Crippen LogP contribution >= 0.6 is 0 Å². The van der Waals surface area contributed by atoms with Crippen molar-refractivity contribution >= 4 is 6.08 Å². The third-order valence-corrected chi connectivity index (χ3v) is 2.21. The molecule has 82 valence electrons. The molecular formula is C13H17FO. The number of unbranched alkanes of at least 4 members (excludes halogenated alkanes) is 3. The first kappa shape index (κ1) is 11.9. The van der Waals surface area contributed by atoms with Crippen LogP contribution in [0.5, 0.6) is 0 Å². The van der Waals surface area contributed by atoms with Gasteiger partial charge in [-0.1, -0.05) is 30.7 Å². The number of halogens is 1. The summed E-state index contributed by atoms with van der Waals surface area (Å²) >= 11 is 0. The summed E-state index contributed by atoms with van der Waals surface area (Å²) in [6.07, 6.45) is 8.13. The summed E-state index contributed by atoms with van der Waals surface area (Å²) in [5.74, 6) is -0.199. The first-order valence-electron chi connectivity index (χ1n) is 5.36. The summed E-state index contributed by atoms with van der Waals surface area (Å²) in [7, 11) is 0. The lowest BCUT2D eigenvalue weighted by atomic mass is 10.1. The molecule has 1 aromatic rings. The van der Waals surface area contributed by atoms with E-state index in [0.717, 1.165) is 31.2 Å². The summed E-state index contributed by atoms with van der Waals surface area (Å²) < 4.78 is 12.6. The summed E-state index contributed by atoms with van der Waals surface area (Å²) in [6, 6.07) is 6.45. The van der Waals surface area contributed by atoms with Gasteiger partial charge < -0.3 is 5.11 Å². The van der Waals surface area contributed by atoms with Crippen molar-refractivity contribution in [3.63, 3.8) is 0 Å². The molecule has 0 saturated carbocycles. The van der Waals surface area contributed by atoms with Gasteiger partial charge in [0.15, 0.2) is 0 Å². The molecular weight excluding hydrogens is 191 g/mol. The maximum Gasteiger partial charge on any atom is 0.123 e. The third-order valence-electron chi connectivity index (χ3n) is 2.21. The normalized spacial score (nSPS) is 11.1. The van der Waals surface area contributed by atoms with E-state index in [4.69, 9.17) is 5.11 Å². The highest BCUT2D eigenvalue weighted by atomic mass is 19.1. The lowest BCUT2D eigenvalue weighted by Crippen LogP contribution is -1.81. The highest BCUT2D eigenvalue weighted by Gasteiger charge is 1.89. The van der Waals surface area contributed by atoms with E-state index in [1.807, 2.05) is 6.08 Å². The van der Waals surface area contributed by atoms with E-state index in [1.54, 1.807) is 12.1 Å². The monoisotopic (exact) mass is 208 g/mol. The molecule has 0 unspecified atom stereocenters. The van der Waals surface area contributed by atoms with Crippen molar-refractivity contribution in [2.45, 2.75) is 25.7 Å². The first-order valence-corrected chi connectivity index (χ1v) is 5.36. The minimum Gasteiger partial charge on any atom is -0.396 e. The third kappa shape index (κ3) is 5.33. The zero-order chi connectivity index (χ0) is 10.9. The number of benzene rings is 1. The Balaban J connectivity index is 2.23. The van der Waals surface area contributed by atoms with Crippen LogP contribution in [0, 0.1) is 5.82 Å². The van der Waals surface area contributed by atoms with Crippen molar-refractivity contribution in [1.82, 2.24) is 0 Å². The quantitative estimate of drug-likeness (QED) is 0.710. The Morgan fingerprint density at radius 1 is 1.07 bits per heavy atom. The smallest absolute Gasteiger partial charge is 0.123 e. The van der Waals surface area contributed by atoms with Crippen molar-refractivity contribution in [3.05, 3.63) is 41.7 Å². The minimum absolute atomic E-state index is 0.199. The van der Waals surface area contributed by atoms with Crippen LogP contribution < -0.4 is 0 Å². The van der Waals surface area contributed by atoms with Crippen molar-refractivity contribution in [2.75, 3.05) is 6.61 Å². The van der Waals surface area contributed by atoms with Gasteiger partial charge in [-0.25, -0.2) is 4.39 Å². The molecule has 0 aliphatic rings. The Morgan fingerprint density at radius 2 is 1.80 bits per heavy atom. The first-order chi connectivity index (χ1) is 7.33. The molecule has 0 radical (unpaired) electrons. The number of hydrogen-bond donors (Lipinski definition) is 1. The van der Waals surface area contributed by atoms with Crippen LogP contribution in [0.2, 0.25) is 0 Å². The predicted octanol–water partition coefficient (Wildman–Crippen LogP) is 3.39. The number of rotatable bonds is 6. The van der Waals surface area contributed by atoms with Crippen LogP contribution in [-0.2, 0) is 0 Å². The Hall–Kier alpha value is -1.15. The molecule has 2 heteroatoms. The second kappa shape index (κ2) is 7.18. The summed E-state index contributed by atoms with van der Waals surface area (Å²) in [5, 5.41) is 8.57. The van der Waals surface area contributed by atoms with Crippen molar-refractivity contribution in [3.8, 4) is 0 Å². The minimum atomic E-state index is -0.199. The molecule has 0 heterocycles. The Morgan fingerprint density at radius 3 is 2.47 bits per heavy atom. The van der Waals surface area contributed by atoms with E-state index in [-0.39, 0.29) is 12.4 Å². The second-order valence-corrected chi connectivity index (χ2v) is 3.53. The van der Waals surface area contributed by atoms with E-state index in [9.17, 15) is 4.39 Å². The SMILES string of the molecule is OCCCCCC=Cc1ccc(F)cc1. The number of allylic oxidation sites excluding steroid dienone is 1. The standard InChI is InChI=1S/C13H17FO/c14-13-9-7-12(8-10-13)6-4-2-1-3-5-11-15/h4,6-10,15H,1-3,5,11H2. The fourth-order valence-electron chi connectivity index (χ4n) is 1.34. The largest absolute Gasteiger partial charge is 0.396 e. The van der Waals surface area contributed by atoms with Crippen LogP contribution in [0.1, 0.15) is 31.2 Å². The van der Waals surface area contributed by atoms with Gasteiger partial charge in [0.1, 0.15) is 5.82 Å². The topological polar surface area (TPSA) is 20.2 Å². The summed E-state index contributed by atoms with van der Waals surface area (Å²) in [5.41, 5.74) is 1.03. The molecule has 0 aliphatic heterocycles. The van der Waals surface area contributed by atoms with Crippen LogP contribution in [0.3, 0.4) is 0 Å². The van der Waals surface area contributed by atoms with Gasteiger partial charge in [0.25, 0.3) is 0 Å². The predicted molar refractivity (Wildman–Crippen MR) is 61.0 cm³/mol. The molecule has 0 fully saturated rings. The highest BCUT2D eigenvalue weighted by Crippen LogP contribution is 2.07. The molecule has 0 amide bonds. The van der Waals surface area contributed by atoms with Crippen molar-refractivity contribution < 1.29 is 9.50 Å². The highest BCUT2D eigenvalue weighted by molar-refractivity contribution is 5.48. The van der Waals surface area contributed by atoms with Gasteiger partial charge in [-0.05, 0) is 37.0 Å². The Bertz CT molecular complexity index is 290. The zero-order valence-corrected chi connectivity index (χ0v) is 8.82.